The highest BCUT2D eigenvalue weighted by Gasteiger charge is 2.18. The largest absolute Gasteiger partial charge is 0.345 e. The highest BCUT2D eigenvalue weighted by atomic mass is 35.5. The van der Waals surface area contributed by atoms with E-state index in [4.69, 9.17) is 34.8 Å². The molecule has 0 fully saturated rings. The summed E-state index contributed by atoms with van der Waals surface area (Å²) in [6.45, 7) is -3.36. The van der Waals surface area contributed by atoms with Gasteiger partial charge in [0, 0.05) is 11.1 Å². The third kappa shape index (κ3) is 3.52. The number of aromatic amines is 1. The van der Waals surface area contributed by atoms with Crippen LogP contribution in [0.5, 0.6) is 0 Å². The molecule has 112 valence electrons. The van der Waals surface area contributed by atoms with Gasteiger partial charge in [-0.15, -0.1) is 0 Å². The van der Waals surface area contributed by atoms with E-state index >= 15 is 0 Å². The second-order valence-corrected chi connectivity index (χ2v) is 5.10. The lowest BCUT2D eigenvalue weighted by atomic mass is 10.1. The second-order valence-electron chi connectivity index (χ2n) is 3.91. The summed E-state index contributed by atoms with van der Waals surface area (Å²) in [6, 6.07) is 2.79. The summed E-state index contributed by atoms with van der Waals surface area (Å²) in [5.41, 5.74) is 0.952. The number of aromatic nitrogens is 2. The first kappa shape index (κ1) is 16.2. The van der Waals surface area contributed by atoms with Gasteiger partial charge in [0.2, 0.25) is 0 Å². The number of alkyl halides is 2. The molecule has 0 aliphatic heterocycles. The molecule has 0 aliphatic rings. The molecule has 0 radical (unpaired) electrons. The van der Waals surface area contributed by atoms with Crippen LogP contribution in [0.3, 0.4) is 0 Å². The zero-order chi connectivity index (χ0) is 15.6. The molecule has 1 heterocycles. The van der Waals surface area contributed by atoms with Gasteiger partial charge < -0.3 is 4.74 Å². The van der Waals surface area contributed by atoms with Crippen LogP contribution in [0.25, 0.3) is 11.3 Å². The number of H-pyrrole nitrogens is 1. The number of nitrogens with one attached hydrogen (secondary N) is 1. The molecular formula is C12H7Cl3F2N2O2. The molecule has 0 aliphatic carbocycles. The Kier molecular flexibility index (Phi) is 5.16. The lowest BCUT2D eigenvalue weighted by molar-refractivity contribution is -0.137. The Balaban J connectivity index is 2.41. The van der Waals surface area contributed by atoms with E-state index < -0.39 is 13.2 Å². The first-order valence-electron chi connectivity index (χ1n) is 5.51. The zero-order valence-corrected chi connectivity index (χ0v) is 12.4. The number of rotatable bonds is 5. The van der Waals surface area contributed by atoms with Gasteiger partial charge in [0.1, 0.15) is 5.69 Å². The van der Waals surface area contributed by atoms with Crippen molar-refractivity contribution in [1.29, 1.82) is 0 Å². The number of hydrogen-bond acceptors (Lipinski definition) is 3. The molecule has 1 aromatic carbocycles. The van der Waals surface area contributed by atoms with Gasteiger partial charge in [-0.1, -0.05) is 34.8 Å². The van der Waals surface area contributed by atoms with Gasteiger partial charge in [0.15, 0.2) is 6.29 Å². The molecule has 2 rings (SSSR count). The van der Waals surface area contributed by atoms with Gasteiger partial charge in [-0.05, 0) is 12.1 Å². The monoisotopic (exact) mass is 354 g/mol. The SMILES string of the molecule is O=Cc1cc(-c2n[nH]c(COC(F)F)c2Cl)c(Cl)cc1Cl. The van der Waals surface area contributed by atoms with Crippen molar-refractivity contribution in [2.45, 2.75) is 13.2 Å². The Morgan fingerprint density at radius 1 is 1.29 bits per heavy atom. The quantitative estimate of drug-likeness (QED) is 0.798. The van der Waals surface area contributed by atoms with E-state index in [2.05, 4.69) is 14.9 Å². The highest BCUT2D eigenvalue weighted by molar-refractivity contribution is 6.39. The Labute approximate surface area is 132 Å². The number of carbonyl (C=O) groups excluding carboxylic acids is 1. The number of benzene rings is 1. The topological polar surface area (TPSA) is 55.0 Å². The minimum atomic E-state index is -2.92. The van der Waals surface area contributed by atoms with Crippen molar-refractivity contribution in [3.8, 4) is 11.3 Å². The van der Waals surface area contributed by atoms with Crippen LogP contribution in [0.1, 0.15) is 16.1 Å². The fourth-order valence-electron chi connectivity index (χ4n) is 1.62. The van der Waals surface area contributed by atoms with Crippen molar-refractivity contribution in [2.75, 3.05) is 0 Å². The number of hydrogen-bond donors (Lipinski definition) is 1. The predicted octanol–water partition coefficient (Wildman–Crippen LogP) is 4.59. The summed E-state index contributed by atoms with van der Waals surface area (Å²) in [6.07, 6.45) is 0.559. The normalized spacial score (nSPS) is 11.1. The highest BCUT2D eigenvalue weighted by Crippen LogP contribution is 2.36. The van der Waals surface area contributed by atoms with Gasteiger partial charge in [0.05, 0.1) is 27.4 Å². The number of carbonyl (C=O) groups is 1. The van der Waals surface area contributed by atoms with Gasteiger partial charge >= 0.3 is 6.61 Å². The molecule has 9 heteroatoms. The molecule has 2 aromatic rings. The molecule has 0 unspecified atom stereocenters. The van der Waals surface area contributed by atoms with E-state index in [-0.39, 0.29) is 32.0 Å². The van der Waals surface area contributed by atoms with E-state index in [1.807, 2.05) is 0 Å². The summed E-state index contributed by atoms with van der Waals surface area (Å²) in [5, 5.41) is 6.88. The number of aldehydes is 1. The van der Waals surface area contributed by atoms with E-state index in [9.17, 15) is 13.6 Å². The molecule has 21 heavy (non-hydrogen) atoms. The smallest absolute Gasteiger partial charge is 0.316 e. The standard InChI is InChI=1S/C12H7Cl3F2N2O2/c13-7-2-8(14)6(1-5(7)3-20)11-10(15)9(18-19-11)4-21-12(16)17/h1-3,12H,4H2,(H,18,19). The van der Waals surface area contributed by atoms with Crippen LogP contribution < -0.4 is 0 Å². The lowest BCUT2D eigenvalue weighted by Crippen LogP contribution is -1.99. The average Bonchev–Trinajstić information content (AvgIpc) is 2.78. The molecule has 0 saturated heterocycles. The minimum Gasteiger partial charge on any atom is -0.316 e. The van der Waals surface area contributed by atoms with Crippen LogP contribution >= 0.6 is 34.8 Å². The van der Waals surface area contributed by atoms with Gasteiger partial charge in [-0.25, -0.2) is 0 Å². The number of halogens is 5. The van der Waals surface area contributed by atoms with Gasteiger partial charge in [-0.3, -0.25) is 9.89 Å². The fraction of sp³-hybridized carbons (Fsp3) is 0.167. The van der Waals surface area contributed by atoms with Crippen LogP contribution in [0.4, 0.5) is 8.78 Å². The van der Waals surface area contributed by atoms with E-state index in [1.165, 1.54) is 12.1 Å². The van der Waals surface area contributed by atoms with Crippen LogP contribution in [0.15, 0.2) is 12.1 Å². The molecule has 1 aromatic heterocycles. The van der Waals surface area contributed by atoms with Crippen molar-refractivity contribution in [3.63, 3.8) is 0 Å². The molecular weight excluding hydrogens is 348 g/mol. The fourth-order valence-corrected chi connectivity index (χ4v) is 2.38. The maximum absolute atomic E-state index is 12.0. The Morgan fingerprint density at radius 3 is 2.62 bits per heavy atom. The summed E-state index contributed by atoms with van der Waals surface area (Å²) in [5.74, 6) is 0. The summed E-state index contributed by atoms with van der Waals surface area (Å²) in [4.78, 5) is 10.9. The van der Waals surface area contributed by atoms with E-state index in [0.29, 0.717) is 11.8 Å². The molecule has 0 amide bonds. The predicted molar refractivity (Wildman–Crippen MR) is 75.2 cm³/mol. The van der Waals surface area contributed by atoms with Crippen LogP contribution in [0.2, 0.25) is 15.1 Å². The lowest BCUT2D eigenvalue weighted by Gasteiger charge is -2.05. The van der Waals surface area contributed by atoms with E-state index in [1.54, 1.807) is 0 Å². The summed E-state index contributed by atoms with van der Waals surface area (Å²) >= 11 is 17.9. The van der Waals surface area contributed by atoms with Crippen molar-refractivity contribution in [1.82, 2.24) is 10.2 Å². The maximum Gasteiger partial charge on any atom is 0.345 e. The van der Waals surface area contributed by atoms with Crippen molar-refractivity contribution in [2.24, 2.45) is 0 Å². The Morgan fingerprint density at radius 2 is 2.00 bits per heavy atom. The first-order valence-corrected chi connectivity index (χ1v) is 6.64. The number of ether oxygens (including phenoxy) is 1. The van der Waals surface area contributed by atoms with Crippen molar-refractivity contribution in [3.05, 3.63) is 38.5 Å². The maximum atomic E-state index is 12.0. The molecule has 0 spiro atoms. The third-order valence-electron chi connectivity index (χ3n) is 2.60. The van der Waals surface area contributed by atoms with E-state index in [0.717, 1.165) is 0 Å². The third-order valence-corrected chi connectivity index (χ3v) is 3.64. The summed E-state index contributed by atoms with van der Waals surface area (Å²) in [7, 11) is 0. The van der Waals surface area contributed by atoms with Crippen LogP contribution in [-0.4, -0.2) is 23.1 Å². The summed E-state index contributed by atoms with van der Waals surface area (Å²) < 4.78 is 28.2. The van der Waals surface area contributed by atoms with Gasteiger partial charge in [-0.2, -0.15) is 13.9 Å². The van der Waals surface area contributed by atoms with Gasteiger partial charge in [0.25, 0.3) is 0 Å². The second kappa shape index (κ2) is 6.70. The van der Waals surface area contributed by atoms with Crippen molar-refractivity contribution < 1.29 is 18.3 Å². The molecule has 1 N–H and O–H groups in total. The van der Waals surface area contributed by atoms with Crippen molar-refractivity contribution >= 4 is 41.1 Å². The molecule has 0 saturated carbocycles. The molecule has 0 bridgehead atoms. The Hall–Kier alpha value is -1.21. The van der Waals surface area contributed by atoms with Crippen LogP contribution in [0, 0.1) is 0 Å². The average molecular weight is 356 g/mol. The Bertz CT molecular complexity index is 677. The number of nitrogens with zero attached hydrogens (tertiary/aromatic N) is 1. The first-order chi connectivity index (χ1) is 9.93. The van der Waals surface area contributed by atoms with Crippen LogP contribution in [-0.2, 0) is 11.3 Å². The molecule has 4 nitrogen and oxygen atoms in total. The molecule has 0 atom stereocenters. The zero-order valence-electron chi connectivity index (χ0n) is 10.2. The minimum absolute atomic E-state index is 0.0803.